The number of aromatic nitrogens is 1. The number of benzene rings is 1. The average Bonchev–Trinajstić information content (AvgIpc) is 2.39. The first-order valence-corrected chi connectivity index (χ1v) is 7.74. The number of aryl methyl sites for hydroxylation is 1. The Kier molecular flexibility index (Phi) is 4.34. The van der Waals surface area contributed by atoms with Gasteiger partial charge >= 0.3 is 0 Å². The molecule has 0 radical (unpaired) electrons. The third-order valence-corrected chi connectivity index (χ3v) is 4.10. The molecule has 0 saturated heterocycles. The van der Waals surface area contributed by atoms with Crippen molar-refractivity contribution in [2.24, 2.45) is 0 Å². The Bertz CT molecular complexity index is 685. The summed E-state index contributed by atoms with van der Waals surface area (Å²) in [5.74, 6) is -0.772. The van der Waals surface area contributed by atoms with E-state index in [1.165, 1.54) is 24.3 Å². The van der Waals surface area contributed by atoms with E-state index < -0.39 is 16.0 Å². The highest BCUT2D eigenvalue weighted by Gasteiger charge is 2.14. The lowest BCUT2D eigenvalue weighted by Gasteiger charge is -2.08. The van der Waals surface area contributed by atoms with Crippen LogP contribution in [-0.2, 0) is 16.4 Å². The van der Waals surface area contributed by atoms with Crippen LogP contribution in [0.3, 0.4) is 0 Å². The van der Waals surface area contributed by atoms with Gasteiger partial charge in [0.1, 0.15) is 5.82 Å². The molecule has 1 heterocycles. The van der Waals surface area contributed by atoms with Crippen LogP contribution in [0, 0.1) is 5.95 Å². The van der Waals surface area contributed by atoms with Crippen LogP contribution in [-0.4, -0.2) is 13.4 Å². The molecule has 20 heavy (non-hydrogen) atoms. The molecular weight excluding hydrogens is 279 g/mol. The topological polar surface area (TPSA) is 59.1 Å². The molecule has 0 spiro atoms. The zero-order valence-corrected chi connectivity index (χ0v) is 11.8. The maximum absolute atomic E-state index is 12.9. The number of pyridine rings is 1. The lowest BCUT2D eigenvalue weighted by Crippen LogP contribution is -2.14. The number of nitrogens with zero attached hydrogens (tertiary/aromatic N) is 1. The lowest BCUT2D eigenvalue weighted by molar-refractivity contribution is 0.584. The van der Waals surface area contributed by atoms with Gasteiger partial charge in [-0.1, -0.05) is 31.5 Å². The summed E-state index contributed by atoms with van der Waals surface area (Å²) in [5, 5.41) is 0. The minimum atomic E-state index is -3.74. The normalized spacial score (nSPS) is 11.3. The Morgan fingerprint density at radius 3 is 2.45 bits per heavy atom. The summed E-state index contributed by atoms with van der Waals surface area (Å²) in [5.41, 5.74) is 1.08. The first kappa shape index (κ1) is 14.5. The van der Waals surface area contributed by atoms with Gasteiger partial charge in [-0.05, 0) is 36.2 Å². The second-order valence-electron chi connectivity index (χ2n) is 4.35. The Morgan fingerprint density at radius 1 is 1.15 bits per heavy atom. The van der Waals surface area contributed by atoms with Gasteiger partial charge in [0.15, 0.2) is 0 Å². The maximum Gasteiger partial charge on any atom is 0.263 e. The number of sulfonamides is 1. The predicted molar refractivity (Wildman–Crippen MR) is 75.4 cm³/mol. The molecule has 0 saturated carbocycles. The van der Waals surface area contributed by atoms with Crippen molar-refractivity contribution in [3.8, 4) is 0 Å². The van der Waals surface area contributed by atoms with Crippen molar-refractivity contribution in [3.05, 3.63) is 54.0 Å². The summed E-state index contributed by atoms with van der Waals surface area (Å²) < 4.78 is 39.4. The minimum Gasteiger partial charge on any atom is -0.263 e. The van der Waals surface area contributed by atoms with Crippen LogP contribution in [0.1, 0.15) is 18.9 Å². The van der Waals surface area contributed by atoms with Crippen molar-refractivity contribution in [1.82, 2.24) is 4.98 Å². The van der Waals surface area contributed by atoms with Crippen LogP contribution in [0.15, 0.2) is 47.4 Å². The second-order valence-corrected chi connectivity index (χ2v) is 6.03. The summed E-state index contributed by atoms with van der Waals surface area (Å²) in [6.45, 7) is 2.06. The molecule has 1 aromatic carbocycles. The fourth-order valence-electron chi connectivity index (χ4n) is 1.79. The van der Waals surface area contributed by atoms with E-state index in [9.17, 15) is 12.8 Å². The quantitative estimate of drug-likeness (QED) is 0.862. The second kappa shape index (κ2) is 6.00. The first-order valence-electron chi connectivity index (χ1n) is 6.25. The van der Waals surface area contributed by atoms with Gasteiger partial charge in [0.05, 0.1) is 4.90 Å². The summed E-state index contributed by atoms with van der Waals surface area (Å²) in [6.07, 6.45) is 1.90. The number of anilines is 1. The molecule has 106 valence electrons. The molecule has 0 fully saturated rings. The summed E-state index contributed by atoms with van der Waals surface area (Å²) in [4.78, 5) is 3.60. The number of hydrogen-bond acceptors (Lipinski definition) is 3. The van der Waals surface area contributed by atoms with Crippen LogP contribution < -0.4 is 4.72 Å². The van der Waals surface area contributed by atoms with Crippen molar-refractivity contribution >= 4 is 15.8 Å². The van der Waals surface area contributed by atoms with Crippen LogP contribution in [0.4, 0.5) is 10.2 Å². The molecule has 0 aliphatic carbocycles. The Hall–Kier alpha value is -1.95. The van der Waals surface area contributed by atoms with Gasteiger partial charge in [-0.2, -0.15) is 4.39 Å². The Labute approximate surface area is 117 Å². The smallest absolute Gasteiger partial charge is 0.263 e. The van der Waals surface area contributed by atoms with Crippen molar-refractivity contribution < 1.29 is 12.8 Å². The van der Waals surface area contributed by atoms with E-state index in [2.05, 4.69) is 16.6 Å². The monoisotopic (exact) mass is 294 g/mol. The van der Waals surface area contributed by atoms with E-state index in [0.29, 0.717) is 0 Å². The fraction of sp³-hybridized carbons (Fsp3) is 0.214. The minimum absolute atomic E-state index is 0.0392. The molecule has 1 N–H and O–H groups in total. The number of rotatable bonds is 5. The van der Waals surface area contributed by atoms with E-state index in [1.807, 2.05) is 0 Å². The average molecular weight is 294 g/mol. The lowest BCUT2D eigenvalue weighted by atomic mass is 10.1. The van der Waals surface area contributed by atoms with Gasteiger partial charge < -0.3 is 0 Å². The van der Waals surface area contributed by atoms with Crippen LogP contribution >= 0.6 is 0 Å². The van der Waals surface area contributed by atoms with Crippen LogP contribution in [0.5, 0.6) is 0 Å². The highest BCUT2D eigenvalue weighted by atomic mass is 32.2. The molecule has 0 aliphatic heterocycles. The SMILES string of the molecule is CCCc1ccc(S(=O)(=O)Nc2cccc(F)n2)cc1. The molecule has 2 rings (SSSR count). The third-order valence-electron chi connectivity index (χ3n) is 2.73. The van der Waals surface area contributed by atoms with Gasteiger partial charge in [-0.3, -0.25) is 4.72 Å². The molecule has 0 unspecified atom stereocenters. The molecule has 0 aliphatic rings. The van der Waals surface area contributed by atoms with Gasteiger partial charge in [0, 0.05) is 0 Å². The zero-order chi connectivity index (χ0) is 14.6. The molecular formula is C14H15FN2O2S. The highest BCUT2D eigenvalue weighted by molar-refractivity contribution is 7.92. The molecule has 4 nitrogen and oxygen atoms in total. The van der Waals surface area contributed by atoms with E-state index in [1.54, 1.807) is 12.1 Å². The highest BCUT2D eigenvalue weighted by Crippen LogP contribution is 2.16. The standard InChI is InChI=1S/C14H15FN2O2S/c1-2-4-11-7-9-12(10-8-11)20(18,19)17-14-6-3-5-13(15)16-14/h3,5-10H,2,4H2,1H3,(H,16,17). The van der Waals surface area contributed by atoms with Crippen molar-refractivity contribution in [2.45, 2.75) is 24.7 Å². The van der Waals surface area contributed by atoms with Gasteiger partial charge in [-0.25, -0.2) is 13.4 Å². The van der Waals surface area contributed by atoms with Crippen molar-refractivity contribution in [2.75, 3.05) is 4.72 Å². The number of halogens is 1. The summed E-state index contributed by atoms with van der Waals surface area (Å²) in [7, 11) is -3.74. The fourth-order valence-corrected chi connectivity index (χ4v) is 2.79. The number of nitrogens with one attached hydrogen (secondary N) is 1. The summed E-state index contributed by atoms with van der Waals surface area (Å²) >= 11 is 0. The van der Waals surface area contributed by atoms with Crippen molar-refractivity contribution in [3.63, 3.8) is 0 Å². The summed E-state index contributed by atoms with van der Waals surface area (Å²) in [6, 6.07) is 10.6. The molecule has 6 heteroatoms. The van der Waals surface area contributed by atoms with E-state index >= 15 is 0 Å². The van der Waals surface area contributed by atoms with E-state index in [4.69, 9.17) is 0 Å². The van der Waals surface area contributed by atoms with E-state index in [0.717, 1.165) is 24.5 Å². The van der Waals surface area contributed by atoms with Crippen LogP contribution in [0.2, 0.25) is 0 Å². The molecule has 1 aromatic heterocycles. The van der Waals surface area contributed by atoms with Gasteiger partial charge in [0.2, 0.25) is 5.95 Å². The largest absolute Gasteiger partial charge is 0.263 e. The third kappa shape index (κ3) is 3.54. The van der Waals surface area contributed by atoms with Gasteiger partial charge in [0.25, 0.3) is 10.0 Å². The first-order chi connectivity index (χ1) is 9.51. The van der Waals surface area contributed by atoms with Crippen LogP contribution in [0.25, 0.3) is 0 Å². The maximum atomic E-state index is 12.9. The molecule has 0 atom stereocenters. The molecule has 2 aromatic rings. The molecule has 0 bridgehead atoms. The number of hydrogen-bond donors (Lipinski definition) is 1. The zero-order valence-electron chi connectivity index (χ0n) is 11.0. The molecule has 0 amide bonds. The van der Waals surface area contributed by atoms with Crippen molar-refractivity contribution in [1.29, 1.82) is 0 Å². The van der Waals surface area contributed by atoms with E-state index in [-0.39, 0.29) is 10.7 Å². The Balaban J connectivity index is 2.21. The van der Waals surface area contributed by atoms with Gasteiger partial charge in [-0.15, -0.1) is 0 Å². The predicted octanol–water partition coefficient (Wildman–Crippen LogP) is 2.97. The Morgan fingerprint density at radius 2 is 1.85 bits per heavy atom.